The Bertz CT molecular complexity index is 100. The lowest BCUT2D eigenvalue weighted by atomic mass is 10.3. The van der Waals surface area contributed by atoms with E-state index in [0.29, 0.717) is 0 Å². The van der Waals surface area contributed by atoms with Crippen molar-refractivity contribution in [2.45, 2.75) is 32.5 Å². The third-order valence-electron chi connectivity index (χ3n) is 1.42. The molecule has 2 unspecified atom stereocenters. The normalized spacial score (nSPS) is 15.7. The Hall–Kier alpha value is 2.00. The van der Waals surface area contributed by atoms with Crippen molar-refractivity contribution in [1.82, 2.24) is 0 Å². The summed E-state index contributed by atoms with van der Waals surface area (Å²) in [6, 6.07) is 0. The molecule has 2 atom stereocenters. The molecule has 0 heterocycles. The van der Waals surface area contributed by atoms with E-state index in [1.807, 2.05) is 0 Å². The molecule has 0 N–H and O–H groups in total. The molecule has 0 aliphatic carbocycles. The molecule has 0 aromatic carbocycles. The summed E-state index contributed by atoms with van der Waals surface area (Å²) >= 11 is 16.0. The van der Waals surface area contributed by atoms with Crippen LogP contribution in [0.4, 0.5) is 0 Å². The summed E-state index contributed by atoms with van der Waals surface area (Å²) in [6.07, 6.45) is 4.14. The second kappa shape index (κ2) is 10.5. The van der Waals surface area contributed by atoms with Crippen molar-refractivity contribution in [3.05, 3.63) is 0 Å². The van der Waals surface area contributed by atoms with Gasteiger partial charge in [-0.25, -0.2) is 0 Å². The minimum Gasteiger partial charge on any atom is -0.381 e. The van der Waals surface area contributed by atoms with Crippen molar-refractivity contribution < 1.29 is 4.74 Å². The van der Waals surface area contributed by atoms with Crippen LogP contribution in [0, 0.1) is 0 Å². The molecular weight excluding hydrogens is 437 g/mol. The molecule has 80 valence electrons. The molecule has 5 heteroatoms. The molecule has 0 fully saturated rings. The lowest BCUT2D eigenvalue weighted by Crippen LogP contribution is -2.00. The molecule has 0 aliphatic rings. The Labute approximate surface area is 118 Å². The summed E-state index contributed by atoms with van der Waals surface area (Å²) in [7, 11) is 0. The van der Waals surface area contributed by atoms with E-state index in [1.54, 1.807) is 0 Å². The third kappa shape index (κ3) is 14.0. The molecule has 0 amide bonds. The monoisotopic (exact) mass is 450 g/mol. The lowest BCUT2D eigenvalue weighted by molar-refractivity contribution is 0.128. The molecule has 0 bridgehead atoms. The first-order valence-corrected chi connectivity index (χ1v) is 7.63. The van der Waals surface area contributed by atoms with Gasteiger partial charge in [-0.2, -0.15) is 0 Å². The fraction of sp³-hybridized carbons (Fsp3) is 1.00. The first kappa shape index (κ1) is 15.0. The van der Waals surface area contributed by atoms with Gasteiger partial charge in [0.15, 0.2) is 0 Å². The van der Waals surface area contributed by atoms with E-state index in [-0.39, 0.29) is 6.77 Å². The Morgan fingerprint density at radius 2 is 1.31 bits per heavy atom. The highest BCUT2D eigenvalue weighted by atomic mass is 127. The minimum atomic E-state index is 0.239. The van der Waals surface area contributed by atoms with Crippen LogP contribution in [0.1, 0.15) is 25.7 Å². The minimum absolute atomic E-state index is 0.239. The van der Waals surface area contributed by atoms with Gasteiger partial charge in [0.05, 0.1) is 6.77 Å². The van der Waals surface area contributed by atoms with E-state index in [2.05, 4.69) is 45.2 Å². The van der Waals surface area contributed by atoms with Gasteiger partial charge < -0.3 is 4.74 Å². The second-order valence-corrected chi connectivity index (χ2v) is 8.21. The smallest absolute Gasteiger partial charge is 0.0851 e. The Kier molecular flexibility index (Phi) is 12.1. The molecule has 0 radical (unpaired) electrons. The second-order valence-electron chi connectivity index (χ2n) is 2.68. The van der Waals surface area contributed by atoms with Crippen molar-refractivity contribution in [1.29, 1.82) is 0 Å². The van der Waals surface area contributed by atoms with Gasteiger partial charge in [-0.15, -0.1) is 23.2 Å². The van der Waals surface area contributed by atoms with Crippen molar-refractivity contribution in [2.75, 3.05) is 13.2 Å². The summed E-state index contributed by atoms with van der Waals surface area (Å²) in [5.74, 6) is 0. The van der Waals surface area contributed by atoms with E-state index >= 15 is 0 Å². The number of rotatable bonds is 8. The van der Waals surface area contributed by atoms with Crippen LogP contribution in [0.3, 0.4) is 0 Å². The summed E-state index contributed by atoms with van der Waals surface area (Å²) in [4.78, 5) is 0. The molecular formula is C8H14Cl2I2O. The Balaban J connectivity index is 2.92. The predicted molar refractivity (Wildman–Crippen MR) is 76.6 cm³/mol. The first-order valence-electron chi connectivity index (χ1n) is 4.27. The van der Waals surface area contributed by atoms with Crippen LogP contribution < -0.4 is 0 Å². The molecule has 0 saturated heterocycles. The molecule has 0 saturated carbocycles. The lowest BCUT2D eigenvalue weighted by Gasteiger charge is -2.04. The van der Waals surface area contributed by atoms with E-state index in [0.717, 1.165) is 38.9 Å². The van der Waals surface area contributed by atoms with E-state index < -0.39 is 0 Å². The van der Waals surface area contributed by atoms with Crippen LogP contribution in [-0.4, -0.2) is 20.0 Å². The van der Waals surface area contributed by atoms with Gasteiger partial charge in [0.25, 0.3) is 0 Å². The molecule has 1 nitrogen and oxygen atoms in total. The highest BCUT2D eigenvalue weighted by molar-refractivity contribution is 14.1. The van der Waals surface area contributed by atoms with Gasteiger partial charge in [-0.1, -0.05) is 45.2 Å². The Morgan fingerprint density at radius 1 is 0.923 bits per heavy atom. The third-order valence-corrected chi connectivity index (χ3v) is 3.10. The van der Waals surface area contributed by atoms with Crippen LogP contribution in [-0.2, 0) is 4.74 Å². The zero-order valence-corrected chi connectivity index (χ0v) is 13.1. The number of hydrogen-bond donors (Lipinski definition) is 0. The van der Waals surface area contributed by atoms with Crippen molar-refractivity contribution >= 4 is 68.4 Å². The molecule has 0 aromatic heterocycles. The molecule has 0 aliphatic heterocycles. The molecule has 0 spiro atoms. The summed E-state index contributed by atoms with van der Waals surface area (Å²) in [5, 5.41) is 0. The van der Waals surface area contributed by atoms with Crippen LogP contribution >= 0.6 is 68.4 Å². The highest BCUT2D eigenvalue weighted by Crippen LogP contribution is 2.14. The average Bonchev–Trinajstić information content (AvgIpc) is 2.01. The van der Waals surface area contributed by atoms with Crippen LogP contribution in [0.2, 0.25) is 0 Å². The standard InChI is InChI=1S/C8H14Cl2I2O/c9-7(11)3-1-5-13-6-2-4-8(10)12/h7-8H,1-6H2. The number of halogens is 4. The van der Waals surface area contributed by atoms with Crippen LogP contribution in [0.25, 0.3) is 0 Å². The summed E-state index contributed by atoms with van der Waals surface area (Å²) in [5.41, 5.74) is 0. The van der Waals surface area contributed by atoms with E-state index in [1.165, 1.54) is 0 Å². The fourth-order valence-electron chi connectivity index (χ4n) is 0.781. The van der Waals surface area contributed by atoms with Gasteiger partial charge in [-0.05, 0) is 25.7 Å². The van der Waals surface area contributed by atoms with Crippen LogP contribution in [0.15, 0.2) is 0 Å². The number of alkyl halides is 4. The molecule has 0 aromatic rings. The van der Waals surface area contributed by atoms with Gasteiger partial charge in [-0.3, -0.25) is 0 Å². The first-order chi connectivity index (χ1) is 6.13. The largest absolute Gasteiger partial charge is 0.381 e. The quantitative estimate of drug-likeness (QED) is 0.299. The maximum atomic E-state index is 5.77. The van der Waals surface area contributed by atoms with Crippen LogP contribution in [0.5, 0.6) is 0 Å². The number of ether oxygens (including phenoxy) is 1. The van der Waals surface area contributed by atoms with E-state index in [9.17, 15) is 0 Å². The van der Waals surface area contributed by atoms with Crippen molar-refractivity contribution in [3.8, 4) is 0 Å². The van der Waals surface area contributed by atoms with E-state index in [4.69, 9.17) is 27.9 Å². The SMILES string of the molecule is ClC(I)CCCOCCCC(Cl)I. The zero-order valence-electron chi connectivity index (χ0n) is 7.32. The topological polar surface area (TPSA) is 9.23 Å². The molecule has 13 heavy (non-hydrogen) atoms. The summed E-state index contributed by atoms with van der Waals surface area (Å²) < 4.78 is 5.89. The van der Waals surface area contributed by atoms with Gasteiger partial charge in [0.2, 0.25) is 0 Å². The maximum absolute atomic E-state index is 5.77. The zero-order chi connectivity index (χ0) is 10.1. The van der Waals surface area contributed by atoms with Gasteiger partial charge >= 0.3 is 0 Å². The maximum Gasteiger partial charge on any atom is 0.0851 e. The van der Waals surface area contributed by atoms with Gasteiger partial charge in [0, 0.05) is 13.2 Å². The summed E-state index contributed by atoms with van der Waals surface area (Å²) in [6.45, 7) is 1.64. The number of hydrogen-bond acceptors (Lipinski definition) is 1. The average molecular weight is 451 g/mol. The predicted octanol–water partition coefficient (Wildman–Crippen LogP) is 4.56. The highest BCUT2D eigenvalue weighted by Gasteiger charge is 1.99. The van der Waals surface area contributed by atoms with Crippen molar-refractivity contribution in [2.24, 2.45) is 0 Å². The van der Waals surface area contributed by atoms with Gasteiger partial charge in [0.1, 0.15) is 0 Å². The van der Waals surface area contributed by atoms with Crippen molar-refractivity contribution in [3.63, 3.8) is 0 Å². The Morgan fingerprint density at radius 3 is 1.62 bits per heavy atom. The molecule has 0 rings (SSSR count). The fourth-order valence-corrected chi connectivity index (χ4v) is 1.97.